The monoisotopic (exact) mass is 368 g/mol. The molecule has 6 nitrogen and oxygen atoms in total. The third-order valence-corrected chi connectivity index (χ3v) is 6.14. The molecule has 1 aromatic rings. The summed E-state index contributed by atoms with van der Waals surface area (Å²) in [6.45, 7) is 6.23. The lowest BCUT2D eigenvalue weighted by Gasteiger charge is -2.37. The second-order valence-electron chi connectivity index (χ2n) is 7.05. The van der Waals surface area contributed by atoms with Gasteiger partial charge < -0.3 is 10.1 Å². The fourth-order valence-electron chi connectivity index (χ4n) is 3.10. The first kappa shape index (κ1) is 20.0. The van der Waals surface area contributed by atoms with E-state index in [0.717, 1.165) is 25.9 Å². The standard InChI is InChI=1S/C18H28N2O4S/c1-14(2)17(21)15-4-6-16(7-5-15)25(22,23)20-12-18(13-24-3)8-10-19-11-9-18/h4-7,14,19-20H,8-13H2,1-3H3. The number of rotatable bonds is 8. The molecule has 0 amide bonds. The predicted molar refractivity (Wildman–Crippen MR) is 97.2 cm³/mol. The Morgan fingerprint density at radius 1 is 1.24 bits per heavy atom. The number of ketones is 1. The maximum absolute atomic E-state index is 12.6. The van der Waals surface area contributed by atoms with Crippen LogP contribution in [0.4, 0.5) is 0 Å². The van der Waals surface area contributed by atoms with Crippen LogP contribution < -0.4 is 10.0 Å². The quantitative estimate of drug-likeness (QED) is 0.684. The zero-order valence-electron chi connectivity index (χ0n) is 15.2. The van der Waals surface area contributed by atoms with Gasteiger partial charge in [0.2, 0.25) is 10.0 Å². The van der Waals surface area contributed by atoms with Gasteiger partial charge >= 0.3 is 0 Å². The molecule has 0 spiro atoms. The molecule has 0 unspecified atom stereocenters. The molecule has 0 bridgehead atoms. The van der Waals surface area contributed by atoms with Crippen molar-refractivity contribution in [2.75, 3.05) is 33.4 Å². The fourth-order valence-corrected chi connectivity index (χ4v) is 4.26. The third-order valence-electron chi connectivity index (χ3n) is 4.73. The second-order valence-corrected chi connectivity index (χ2v) is 8.82. The van der Waals surface area contributed by atoms with Crippen LogP contribution in [0.1, 0.15) is 37.0 Å². The molecule has 7 heteroatoms. The highest BCUT2D eigenvalue weighted by molar-refractivity contribution is 7.89. The minimum Gasteiger partial charge on any atom is -0.384 e. The van der Waals surface area contributed by atoms with E-state index in [1.807, 2.05) is 13.8 Å². The molecule has 1 aliphatic rings. The van der Waals surface area contributed by atoms with Crippen LogP contribution in [0, 0.1) is 11.3 Å². The Hall–Kier alpha value is -1.28. The molecule has 0 saturated carbocycles. The van der Waals surface area contributed by atoms with Crippen LogP contribution in [0.25, 0.3) is 0 Å². The van der Waals surface area contributed by atoms with Gasteiger partial charge in [-0.25, -0.2) is 13.1 Å². The third kappa shape index (κ3) is 5.10. The summed E-state index contributed by atoms with van der Waals surface area (Å²) in [4.78, 5) is 12.1. The smallest absolute Gasteiger partial charge is 0.240 e. The van der Waals surface area contributed by atoms with Crippen molar-refractivity contribution >= 4 is 15.8 Å². The molecule has 2 N–H and O–H groups in total. The Morgan fingerprint density at radius 2 is 1.84 bits per heavy atom. The number of hydrogen-bond donors (Lipinski definition) is 2. The molecule has 140 valence electrons. The summed E-state index contributed by atoms with van der Waals surface area (Å²) < 4.78 is 33.2. The van der Waals surface area contributed by atoms with Crippen LogP contribution in [0.2, 0.25) is 0 Å². The van der Waals surface area contributed by atoms with Crippen LogP contribution >= 0.6 is 0 Å². The van der Waals surface area contributed by atoms with Crippen molar-refractivity contribution in [1.29, 1.82) is 0 Å². The first-order chi connectivity index (χ1) is 11.8. The normalized spacial score (nSPS) is 17.6. The van der Waals surface area contributed by atoms with Gasteiger partial charge in [0.05, 0.1) is 11.5 Å². The molecule has 0 aliphatic carbocycles. The van der Waals surface area contributed by atoms with Gasteiger partial charge in [-0.15, -0.1) is 0 Å². The highest BCUT2D eigenvalue weighted by Gasteiger charge is 2.33. The average Bonchev–Trinajstić information content (AvgIpc) is 2.61. The van der Waals surface area contributed by atoms with Crippen molar-refractivity contribution in [3.8, 4) is 0 Å². The van der Waals surface area contributed by atoms with Crippen molar-refractivity contribution < 1.29 is 17.9 Å². The van der Waals surface area contributed by atoms with Gasteiger partial charge in [-0.05, 0) is 38.1 Å². The Balaban J connectivity index is 2.09. The van der Waals surface area contributed by atoms with Crippen LogP contribution in [0.3, 0.4) is 0 Å². The molecular formula is C18H28N2O4S. The molecular weight excluding hydrogens is 340 g/mol. The van der Waals surface area contributed by atoms with Crippen molar-refractivity contribution in [2.24, 2.45) is 11.3 Å². The van der Waals surface area contributed by atoms with Gasteiger partial charge in [-0.1, -0.05) is 26.0 Å². The van der Waals surface area contributed by atoms with E-state index in [4.69, 9.17) is 4.74 Å². The van der Waals surface area contributed by atoms with Crippen molar-refractivity contribution in [3.05, 3.63) is 29.8 Å². The Morgan fingerprint density at radius 3 is 2.36 bits per heavy atom. The average molecular weight is 368 g/mol. The zero-order chi connectivity index (χ0) is 18.5. The van der Waals surface area contributed by atoms with E-state index in [0.29, 0.717) is 18.7 Å². The SMILES string of the molecule is COCC1(CNS(=O)(=O)c2ccc(C(=O)C(C)C)cc2)CCNCC1. The van der Waals surface area contributed by atoms with Crippen molar-refractivity contribution in [2.45, 2.75) is 31.6 Å². The zero-order valence-corrected chi connectivity index (χ0v) is 16.0. The van der Waals surface area contributed by atoms with Crippen LogP contribution in [0.15, 0.2) is 29.2 Å². The Labute approximate surface area is 150 Å². The molecule has 1 heterocycles. The lowest BCUT2D eigenvalue weighted by atomic mass is 9.80. The summed E-state index contributed by atoms with van der Waals surface area (Å²) in [5, 5.41) is 3.29. The Kier molecular flexibility index (Phi) is 6.73. The maximum atomic E-state index is 12.6. The molecule has 25 heavy (non-hydrogen) atoms. The fraction of sp³-hybridized carbons (Fsp3) is 0.611. The predicted octanol–water partition coefficient (Wildman–Crippen LogP) is 1.82. The van der Waals surface area contributed by atoms with Crippen LogP contribution in [-0.4, -0.2) is 47.6 Å². The number of sulfonamides is 1. The molecule has 2 rings (SSSR count). The lowest BCUT2D eigenvalue weighted by molar-refractivity contribution is 0.0577. The number of methoxy groups -OCH3 is 1. The number of Topliss-reactive ketones (excluding diaryl/α,β-unsaturated/α-hetero) is 1. The lowest BCUT2D eigenvalue weighted by Crippen LogP contribution is -2.47. The molecule has 1 aliphatic heterocycles. The van der Waals surface area contributed by atoms with Crippen molar-refractivity contribution in [3.63, 3.8) is 0 Å². The van der Waals surface area contributed by atoms with Gasteiger partial charge in [0, 0.05) is 30.6 Å². The largest absolute Gasteiger partial charge is 0.384 e. The van der Waals surface area contributed by atoms with Crippen molar-refractivity contribution in [1.82, 2.24) is 10.0 Å². The number of hydrogen-bond acceptors (Lipinski definition) is 5. The molecule has 0 aromatic heterocycles. The van der Waals surface area contributed by atoms with Gasteiger partial charge in [0.1, 0.15) is 0 Å². The van der Waals surface area contributed by atoms with Gasteiger partial charge in [-0.2, -0.15) is 0 Å². The summed E-state index contributed by atoms with van der Waals surface area (Å²) in [5.74, 6) is -0.111. The maximum Gasteiger partial charge on any atom is 0.240 e. The van der Waals surface area contributed by atoms with E-state index >= 15 is 0 Å². The minimum atomic E-state index is -3.62. The first-order valence-corrected chi connectivity index (χ1v) is 10.1. The summed E-state index contributed by atoms with van der Waals surface area (Å²) >= 11 is 0. The minimum absolute atomic E-state index is 0.00524. The van der Waals surface area contributed by atoms with Crippen LogP contribution in [0.5, 0.6) is 0 Å². The second kappa shape index (κ2) is 8.40. The Bertz CT molecular complexity index is 672. The molecule has 1 saturated heterocycles. The first-order valence-electron chi connectivity index (χ1n) is 8.63. The molecule has 0 radical (unpaired) electrons. The number of carbonyl (C=O) groups is 1. The van der Waals surface area contributed by atoms with E-state index in [-0.39, 0.29) is 22.0 Å². The van der Waals surface area contributed by atoms with Crippen LogP contribution in [-0.2, 0) is 14.8 Å². The van der Waals surface area contributed by atoms with Gasteiger partial charge in [-0.3, -0.25) is 4.79 Å². The van der Waals surface area contributed by atoms with E-state index in [9.17, 15) is 13.2 Å². The number of nitrogens with one attached hydrogen (secondary N) is 2. The number of carbonyl (C=O) groups excluding carboxylic acids is 1. The van der Waals surface area contributed by atoms with E-state index in [2.05, 4.69) is 10.0 Å². The number of benzene rings is 1. The molecule has 0 atom stereocenters. The molecule has 1 fully saturated rings. The highest BCUT2D eigenvalue weighted by Crippen LogP contribution is 2.29. The summed E-state index contributed by atoms with van der Waals surface area (Å²) in [5.41, 5.74) is 0.351. The summed E-state index contributed by atoms with van der Waals surface area (Å²) in [6.07, 6.45) is 1.73. The summed E-state index contributed by atoms with van der Waals surface area (Å²) in [6, 6.07) is 6.13. The highest BCUT2D eigenvalue weighted by atomic mass is 32.2. The van der Waals surface area contributed by atoms with E-state index in [1.165, 1.54) is 12.1 Å². The molecule has 1 aromatic carbocycles. The summed E-state index contributed by atoms with van der Waals surface area (Å²) in [7, 11) is -1.97. The number of piperidine rings is 1. The van der Waals surface area contributed by atoms with E-state index in [1.54, 1.807) is 19.2 Å². The van der Waals surface area contributed by atoms with Gasteiger partial charge in [0.15, 0.2) is 5.78 Å². The van der Waals surface area contributed by atoms with Gasteiger partial charge in [0.25, 0.3) is 0 Å². The number of ether oxygens (including phenoxy) is 1. The topological polar surface area (TPSA) is 84.5 Å². The van der Waals surface area contributed by atoms with E-state index < -0.39 is 10.0 Å².